The fourth-order valence-corrected chi connectivity index (χ4v) is 2.69. The largest absolute Gasteiger partial charge is 0.465 e. The highest BCUT2D eigenvalue weighted by molar-refractivity contribution is 5.95. The molecule has 24 heavy (non-hydrogen) atoms. The minimum Gasteiger partial charge on any atom is -0.465 e. The zero-order valence-electron chi connectivity index (χ0n) is 12.8. The van der Waals surface area contributed by atoms with Crippen molar-refractivity contribution in [3.05, 3.63) is 71.4 Å². The van der Waals surface area contributed by atoms with Gasteiger partial charge in [-0.2, -0.15) is 13.2 Å². The summed E-state index contributed by atoms with van der Waals surface area (Å²) in [5.41, 5.74) is 0.648. The van der Waals surface area contributed by atoms with Crippen LogP contribution >= 0.6 is 0 Å². The number of methoxy groups -OCH3 is 1. The van der Waals surface area contributed by atoms with Crippen LogP contribution in [-0.4, -0.2) is 17.6 Å². The van der Waals surface area contributed by atoms with Crippen molar-refractivity contribution in [1.29, 1.82) is 0 Å². The molecule has 0 saturated carbocycles. The molecule has 0 unspecified atom stereocenters. The molecule has 2 aromatic carbocycles. The summed E-state index contributed by atoms with van der Waals surface area (Å²) in [4.78, 5) is 11.6. The first-order valence-electron chi connectivity index (χ1n) is 7.23. The highest BCUT2D eigenvalue weighted by Gasteiger charge is 2.35. The monoisotopic (exact) mass is 333 g/mol. The minimum atomic E-state index is -4.49. The Balaban J connectivity index is 2.16. The molecule has 0 N–H and O–H groups in total. The smallest absolute Gasteiger partial charge is 0.431 e. The zero-order chi connectivity index (χ0) is 17.3. The summed E-state index contributed by atoms with van der Waals surface area (Å²) in [6.07, 6.45) is -4.49. The van der Waals surface area contributed by atoms with E-state index in [1.165, 1.54) is 29.9 Å². The Hall–Kier alpha value is -2.76. The van der Waals surface area contributed by atoms with Gasteiger partial charge in [-0.1, -0.05) is 30.3 Å². The number of ether oxygens (including phenoxy) is 1. The Morgan fingerprint density at radius 3 is 2.42 bits per heavy atom. The third kappa shape index (κ3) is 2.99. The number of carbonyl (C=O) groups excluding carboxylic acids is 1. The van der Waals surface area contributed by atoms with Crippen LogP contribution in [0.25, 0.3) is 10.9 Å². The van der Waals surface area contributed by atoms with Crippen LogP contribution in [0.2, 0.25) is 0 Å². The van der Waals surface area contributed by atoms with Gasteiger partial charge in [-0.15, -0.1) is 0 Å². The van der Waals surface area contributed by atoms with Gasteiger partial charge in [0.15, 0.2) is 0 Å². The predicted molar refractivity (Wildman–Crippen MR) is 83.8 cm³/mol. The second kappa shape index (κ2) is 6.03. The number of benzene rings is 2. The van der Waals surface area contributed by atoms with Crippen LogP contribution in [-0.2, 0) is 17.5 Å². The molecule has 3 aromatic rings. The lowest BCUT2D eigenvalue weighted by Crippen LogP contribution is -2.14. The third-order valence-electron chi connectivity index (χ3n) is 3.80. The van der Waals surface area contributed by atoms with E-state index in [1.807, 2.05) is 6.07 Å². The van der Waals surface area contributed by atoms with Gasteiger partial charge >= 0.3 is 12.1 Å². The molecule has 3 rings (SSSR count). The summed E-state index contributed by atoms with van der Waals surface area (Å²) in [6.45, 7) is 0.0940. The van der Waals surface area contributed by atoms with Crippen molar-refractivity contribution in [2.45, 2.75) is 12.7 Å². The van der Waals surface area contributed by atoms with Crippen molar-refractivity contribution < 1.29 is 22.7 Å². The Morgan fingerprint density at radius 1 is 1.08 bits per heavy atom. The van der Waals surface area contributed by atoms with Crippen LogP contribution in [0.15, 0.2) is 54.6 Å². The van der Waals surface area contributed by atoms with Gasteiger partial charge in [-0.25, -0.2) is 4.79 Å². The standard InChI is InChI=1S/C18H14F3NO2/c1-24-17(23)13-7-8-15-14(9-13)10-16(18(19,20)21)22(15)11-12-5-3-2-4-6-12/h2-10H,11H2,1H3. The Bertz CT molecular complexity index is 882. The van der Waals surface area contributed by atoms with E-state index in [4.69, 9.17) is 0 Å². The molecule has 0 fully saturated rings. The highest BCUT2D eigenvalue weighted by atomic mass is 19.4. The number of rotatable bonds is 3. The Labute approximate surface area is 136 Å². The summed E-state index contributed by atoms with van der Waals surface area (Å²) in [5.74, 6) is -0.582. The summed E-state index contributed by atoms with van der Waals surface area (Å²) < 4.78 is 46.0. The van der Waals surface area contributed by atoms with Crippen LogP contribution in [0.1, 0.15) is 21.6 Å². The van der Waals surface area contributed by atoms with Crippen molar-refractivity contribution in [2.24, 2.45) is 0 Å². The van der Waals surface area contributed by atoms with E-state index in [9.17, 15) is 18.0 Å². The first-order chi connectivity index (χ1) is 11.4. The van der Waals surface area contributed by atoms with E-state index < -0.39 is 17.8 Å². The summed E-state index contributed by atoms with van der Waals surface area (Å²) >= 11 is 0. The second-order valence-corrected chi connectivity index (χ2v) is 5.36. The number of fused-ring (bicyclic) bond motifs is 1. The van der Waals surface area contributed by atoms with E-state index in [0.29, 0.717) is 10.9 Å². The fraction of sp³-hybridized carbons (Fsp3) is 0.167. The van der Waals surface area contributed by atoms with Crippen molar-refractivity contribution in [2.75, 3.05) is 7.11 Å². The molecule has 0 radical (unpaired) electrons. The van der Waals surface area contributed by atoms with E-state index in [2.05, 4.69) is 4.74 Å². The molecule has 3 nitrogen and oxygen atoms in total. The number of aromatic nitrogens is 1. The molecule has 0 aliphatic heterocycles. The van der Waals surface area contributed by atoms with Crippen LogP contribution in [0.4, 0.5) is 13.2 Å². The fourth-order valence-electron chi connectivity index (χ4n) is 2.69. The molecule has 6 heteroatoms. The average molecular weight is 333 g/mol. The van der Waals surface area contributed by atoms with Gasteiger partial charge in [0.1, 0.15) is 5.69 Å². The zero-order valence-corrected chi connectivity index (χ0v) is 12.8. The maximum absolute atomic E-state index is 13.4. The summed E-state index contributed by atoms with van der Waals surface area (Å²) in [6, 6.07) is 14.4. The van der Waals surface area contributed by atoms with Crippen LogP contribution in [0.3, 0.4) is 0 Å². The maximum Gasteiger partial charge on any atom is 0.431 e. The van der Waals surface area contributed by atoms with E-state index in [0.717, 1.165) is 11.6 Å². The molecule has 1 aromatic heterocycles. The van der Waals surface area contributed by atoms with Gasteiger partial charge in [-0.05, 0) is 29.8 Å². The number of carbonyl (C=O) groups is 1. The number of nitrogens with zero attached hydrogens (tertiary/aromatic N) is 1. The first kappa shape index (κ1) is 16.1. The first-order valence-corrected chi connectivity index (χ1v) is 7.23. The normalized spacial score (nSPS) is 11.7. The van der Waals surface area contributed by atoms with Crippen molar-refractivity contribution in [3.63, 3.8) is 0 Å². The van der Waals surface area contributed by atoms with Crippen molar-refractivity contribution in [3.8, 4) is 0 Å². The number of halogens is 3. The molecule has 0 amide bonds. The lowest BCUT2D eigenvalue weighted by Gasteiger charge is -2.13. The quantitative estimate of drug-likeness (QED) is 0.661. The predicted octanol–water partition coefficient (Wildman–Crippen LogP) is 4.50. The van der Waals surface area contributed by atoms with Gasteiger partial charge in [0.25, 0.3) is 0 Å². The maximum atomic E-state index is 13.4. The third-order valence-corrected chi connectivity index (χ3v) is 3.80. The molecule has 0 spiro atoms. The lowest BCUT2D eigenvalue weighted by atomic mass is 10.1. The topological polar surface area (TPSA) is 31.2 Å². The molecule has 1 heterocycles. The van der Waals surface area contributed by atoms with Gasteiger partial charge in [0.2, 0.25) is 0 Å². The number of hydrogen-bond donors (Lipinski definition) is 0. The molecular formula is C18H14F3NO2. The lowest BCUT2D eigenvalue weighted by molar-refractivity contribution is -0.143. The van der Waals surface area contributed by atoms with Gasteiger partial charge < -0.3 is 9.30 Å². The average Bonchev–Trinajstić information content (AvgIpc) is 2.93. The van der Waals surface area contributed by atoms with Crippen LogP contribution in [0.5, 0.6) is 0 Å². The molecule has 0 saturated heterocycles. The molecule has 0 aliphatic carbocycles. The SMILES string of the molecule is COC(=O)c1ccc2c(c1)cc(C(F)(F)F)n2Cc1ccccc1. The van der Waals surface area contributed by atoms with E-state index >= 15 is 0 Å². The molecular weight excluding hydrogens is 319 g/mol. The second-order valence-electron chi connectivity index (χ2n) is 5.36. The van der Waals surface area contributed by atoms with Gasteiger partial charge in [0.05, 0.1) is 12.7 Å². The highest BCUT2D eigenvalue weighted by Crippen LogP contribution is 2.35. The van der Waals surface area contributed by atoms with Crippen molar-refractivity contribution >= 4 is 16.9 Å². The van der Waals surface area contributed by atoms with Crippen LogP contribution < -0.4 is 0 Å². The van der Waals surface area contributed by atoms with Crippen LogP contribution in [0, 0.1) is 0 Å². The molecule has 0 atom stereocenters. The minimum absolute atomic E-state index is 0.0940. The molecule has 0 bridgehead atoms. The van der Waals surface area contributed by atoms with E-state index in [-0.39, 0.29) is 12.1 Å². The Morgan fingerprint density at radius 2 is 1.79 bits per heavy atom. The summed E-state index contributed by atoms with van der Waals surface area (Å²) in [7, 11) is 1.23. The molecule has 124 valence electrons. The molecule has 0 aliphatic rings. The Kier molecular flexibility index (Phi) is 4.05. The number of esters is 1. The van der Waals surface area contributed by atoms with Crippen molar-refractivity contribution in [1.82, 2.24) is 4.57 Å². The van der Waals surface area contributed by atoms with Gasteiger partial charge in [-0.3, -0.25) is 0 Å². The van der Waals surface area contributed by atoms with E-state index in [1.54, 1.807) is 24.3 Å². The number of hydrogen-bond acceptors (Lipinski definition) is 2. The number of alkyl halides is 3. The summed E-state index contributed by atoms with van der Waals surface area (Å²) in [5, 5.41) is 0.348. The van der Waals surface area contributed by atoms with Gasteiger partial charge in [0, 0.05) is 17.4 Å².